The Kier molecular flexibility index (Phi) is 4.97. The molecule has 0 atom stereocenters. The van der Waals surface area contributed by atoms with Crippen molar-refractivity contribution in [2.45, 2.75) is 4.90 Å². The van der Waals surface area contributed by atoms with Gasteiger partial charge in [-0.05, 0) is 60.7 Å². The molecule has 0 unspecified atom stereocenters. The van der Waals surface area contributed by atoms with Crippen molar-refractivity contribution in [1.82, 2.24) is 0 Å². The van der Waals surface area contributed by atoms with E-state index in [0.29, 0.717) is 28.4 Å². The molecule has 29 heavy (non-hydrogen) atoms. The molecule has 0 N–H and O–H groups in total. The van der Waals surface area contributed by atoms with E-state index in [9.17, 15) is 13.2 Å². The lowest BCUT2D eigenvalue weighted by Crippen LogP contribution is -2.25. The summed E-state index contributed by atoms with van der Waals surface area (Å²) in [6.45, 7) is 0. The number of amidine groups is 1. The lowest BCUT2D eigenvalue weighted by atomic mass is 10.2. The lowest BCUT2D eigenvalue weighted by Gasteiger charge is -2.19. The predicted octanol–water partition coefficient (Wildman–Crippen LogP) is 4.25. The van der Waals surface area contributed by atoms with Crippen molar-refractivity contribution in [3.05, 3.63) is 88.4 Å². The molecule has 0 saturated heterocycles. The fraction of sp³-hybridized carbons (Fsp3) is 0.0476. The van der Waals surface area contributed by atoms with Gasteiger partial charge in [0.15, 0.2) is 5.84 Å². The molecule has 1 aliphatic rings. The van der Waals surface area contributed by atoms with Gasteiger partial charge in [0, 0.05) is 22.8 Å². The van der Waals surface area contributed by atoms with Crippen LogP contribution in [-0.2, 0) is 10.0 Å². The monoisotopic (exact) mass is 470 g/mol. The topological polar surface area (TPSA) is 76.0 Å². The molecule has 1 heterocycles. The quantitative estimate of drug-likeness (QED) is 0.422. The summed E-state index contributed by atoms with van der Waals surface area (Å²) >= 11 is 3.32. The maximum Gasteiger partial charge on any atom is 0.343 e. The molecule has 0 bridgehead atoms. The van der Waals surface area contributed by atoms with Gasteiger partial charge in [-0.3, -0.25) is 0 Å². The Labute approximate surface area is 176 Å². The normalized spacial score (nSPS) is 14.1. The zero-order valence-corrected chi connectivity index (χ0v) is 17.6. The fourth-order valence-electron chi connectivity index (χ4n) is 2.94. The van der Waals surface area contributed by atoms with Crippen molar-refractivity contribution in [3.63, 3.8) is 0 Å². The first-order valence-corrected chi connectivity index (χ1v) is 10.8. The van der Waals surface area contributed by atoms with Crippen molar-refractivity contribution in [2.24, 2.45) is 4.40 Å². The maximum absolute atomic E-state index is 12.3. The van der Waals surface area contributed by atoms with E-state index in [-0.39, 0.29) is 4.90 Å². The largest absolute Gasteiger partial charge is 0.423 e. The van der Waals surface area contributed by atoms with Crippen molar-refractivity contribution >= 4 is 43.4 Å². The third-order valence-electron chi connectivity index (χ3n) is 4.44. The molecule has 0 fully saturated rings. The average Bonchev–Trinajstić information content (AvgIpc) is 3.00. The first-order valence-electron chi connectivity index (χ1n) is 8.61. The van der Waals surface area contributed by atoms with E-state index in [1.54, 1.807) is 84.7 Å². The van der Waals surface area contributed by atoms with Crippen LogP contribution >= 0.6 is 15.9 Å². The summed E-state index contributed by atoms with van der Waals surface area (Å²) in [7, 11) is -1.96. The molecule has 8 heteroatoms. The van der Waals surface area contributed by atoms with Crippen molar-refractivity contribution < 1.29 is 17.9 Å². The van der Waals surface area contributed by atoms with Crippen LogP contribution in [0.4, 0.5) is 5.69 Å². The van der Waals surface area contributed by atoms with Crippen LogP contribution in [0.5, 0.6) is 5.75 Å². The Bertz CT molecular complexity index is 1220. The van der Waals surface area contributed by atoms with Gasteiger partial charge in [-0.15, -0.1) is 4.40 Å². The van der Waals surface area contributed by atoms with Crippen LogP contribution < -0.4 is 9.64 Å². The number of nitrogens with zero attached hydrogens (tertiary/aromatic N) is 2. The number of hydrogen-bond acceptors (Lipinski definition) is 5. The van der Waals surface area contributed by atoms with Gasteiger partial charge in [0.1, 0.15) is 10.6 Å². The third kappa shape index (κ3) is 3.81. The minimum Gasteiger partial charge on any atom is -0.423 e. The number of carbonyl (C=O) groups is 1. The van der Waals surface area contributed by atoms with Gasteiger partial charge in [-0.1, -0.05) is 28.1 Å². The first-order chi connectivity index (χ1) is 13.8. The molecule has 146 valence electrons. The van der Waals surface area contributed by atoms with Crippen LogP contribution in [0.2, 0.25) is 0 Å². The van der Waals surface area contributed by atoms with Crippen LogP contribution in [0.3, 0.4) is 0 Å². The Morgan fingerprint density at radius 1 is 0.966 bits per heavy atom. The van der Waals surface area contributed by atoms with E-state index in [4.69, 9.17) is 4.74 Å². The highest BCUT2D eigenvalue weighted by Gasteiger charge is 2.30. The van der Waals surface area contributed by atoms with Crippen LogP contribution in [-0.4, -0.2) is 27.3 Å². The van der Waals surface area contributed by atoms with E-state index in [2.05, 4.69) is 20.3 Å². The molecule has 0 saturated carbocycles. The number of sulfonamides is 1. The summed E-state index contributed by atoms with van der Waals surface area (Å²) in [6, 6.07) is 20.4. The molecule has 0 spiro atoms. The number of anilines is 1. The number of esters is 1. The molecule has 1 aliphatic heterocycles. The van der Waals surface area contributed by atoms with E-state index < -0.39 is 16.0 Å². The summed E-state index contributed by atoms with van der Waals surface area (Å²) in [5.41, 5.74) is 1.70. The molecular formula is C21H15BrN2O4S. The van der Waals surface area contributed by atoms with Gasteiger partial charge in [0.25, 0.3) is 10.0 Å². The summed E-state index contributed by atoms with van der Waals surface area (Å²) in [6.07, 6.45) is 0. The second kappa shape index (κ2) is 7.46. The van der Waals surface area contributed by atoms with Gasteiger partial charge in [-0.25, -0.2) is 4.79 Å². The molecule has 0 amide bonds. The zero-order chi connectivity index (χ0) is 20.6. The SMILES string of the molecule is CN(C1=NS(=O)(=O)c2ccccc21)c1ccc(OC(=O)c2ccc(Br)cc2)cc1. The molecular weight excluding hydrogens is 456 g/mol. The predicted molar refractivity (Wildman–Crippen MR) is 114 cm³/mol. The number of rotatable bonds is 3. The van der Waals surface area contributed by atoms with Crippen LogP contribution in [0, 0.1) is 0 Å². The van der Waals surface area contributed by atoms with Crippen LogP contribution in [0.25, 0.3) is 0 Å². The van der Waals surface area contributed by atoms with E-state index in [1.807, 2.05) is 0 Å². The second-order valence-corrected chi connectivity index (χ2v) is 8.82. The Balaban J connectivity index is 1.54. The van der Waals surface area contributed by atoms with Gasteiger partial charge < -0.3 is 9.64 Å². The lowest BCUT2D eigenvalue weighted by molar-refractivity contribution is 0.0734. The highest BCUT2D eigenvalue weighted by molar-refractivity contribution is 9.10. The van der Waals surface area contributed by atoms with E-state index in [0.717, 1.165) is 4.47 Å². The number of carbonyl (C=O) groups excluding carboxylic acids is 1. The summed E-state index contributed by atoms with van der Waals surface area (Å²) < 4.78 is 34.7. The Morgan fingerprint density at radius 3 is 2.31 bits per heavy atom. The molecule has 0 aromatic heterocycles. The fourth-order valence-corrected chi connectivity index (χ4v) is 4.44. The first kappa shape index (κ1) is 19.4. The third-order valence-corrected chi connectivity index (χ3v) is 6.30. The van der Waals surface area contributed by atoms with Crippen molar-refractivity contribution in [3.8, 4) is 5.75 Å². The molecule has 0 radical (unpaired) electrons. The maximum atomic E-state index is 12.3. The van der Waals surface area contributed by atoms with Gasteiger partial charge in [0.05, 0.1) is 5.56 Å². The highest BCUT2D eigenvalue weighted by Crippen LogP contribution is 2.29. The second-order valence-electron chi connectivity index (χ2n) is 6.34. The molecule has 4 rings (SSSR count). The summed E-state index contributed by atoms with van der Waals surface area (Å²) in [4.78, 5) is 14.1. The molecule has 3 aromatic rings. The number of ether oxygens (including phenoxy) is 1. The Hall–Kier alpha value is -2.97. The van der Waals surface area contributed by atoms with Gasteiger partial charge >= 0.3 is 5.97 Å². The zero-order valence-electron chi connectivity index (χ0n) is 15.2. The van der Waals surface area contributed by atoms with E-state index >= 15 is 0 Å². The number of hydrogen-bond donors (Lipinski definition) is 0. The van der Waals surface area contributed by atoms with Crippen molar-refractivity contribution in [2.75, 3.05) is 11.9 Å². The summed E-state index contributed by atoms with van der Waals surface area (Å²) in [5, 5.41) is 0. The number of halogens is 1. The minimum absolute atomic E-state index is 0.196. The van der Waals surface area contributed by atoms with Gasteiger partial charge in [0.2, 0.25) is 0 Å². The van der Waals surface area contributed by atoms with Crippen molar-refractivity contribution in [1.29, 1.82) is 0 Å². The standard InChI is InChI=1S/C21H15BrN2O4S/c1-24(20-18-4-2-3-5-19(18)29(26,27)23-20)16-10-12-17(13-11-16)28-21(25)14-6-8-15(22)9-7-14/h2-13H,1H3. The molecule has 3 aromatic carbocycles. The summed E-state index contributed by atoms with van der Waals surface area (Å²) in [5.74, 6) is 0.274. The smallest absolute Gasteiger partial charge is 0.343 e. The molecule has 0 aliphatic carbocycles. The van der Waals surface area contributed by atoms with Crippen LogP contribution in [0.1, 0.15) is 15.9 Å². The number of fused-ring (bicyclic) bond motifs is 1. The molecule has 6 nitrogen and oxygen atoms in total. The highest BCUT2D eigenvalue weighted by atomic mass is 79.9. The van der Waals surface area contributed by atoms with Gasteiger partial charge in [-0.2, -0.15) is 8.42 Å². The van der Waals surface area contributed by atoms with Crippen LogP contribution in [0.15, 0.2) is 86.6 Å². The average molecular weight is 471 g/mol. The van der Waals surface area contributed by atoms with E-state index in [1.165, 1.54) is 0 Å². The number of benzene rings is 3. The Morgan fingerprint density at radius 2 is 1.62 bits per heavy atom. The minimum atomic E-state index is -3.69.